The number of likely N-dealkylation sites (tertiary alicyclic amines) is 1. The Bertz CT molecular complexity index is 517. The molecule has 5 nitrogen and oxygen atoms in total. The maximum absolute atomic E-state index is 12.4. The molecular formula is C17H23NO4. The summed E-state index contributed by atoms with van der Waals surface area (Å²) < 4.78 is 17.0. The van der Waals surface area contributed by atoms with Crippen LogP contribution in [0.2, 0.25) is 0 Å². The fraction of sp³-hybridized carbons (Fsp3) is 0.588. The summed E-state index contributed by atoms with van der Waals surface area (Å²) in [4.78, 5) is 14.1. The van der Waals surface area contributed by atoms with Gasteiger partial charge in [0, 0.05) is 6.54 Å². The van der Waals surface area contributed by atoms with Crippen molar-refractivity contribution in [2.24, 2.45) is 0 Å². The Balaban J connectivity index is 1.57. The number of hydrogen-bond donors (Lipinski definition) is 0. The third-order valence-corrected chi connectivity index (χ3v) is 4.20. The minimum Gasteiger partial charge on any atom is -0.445 e. The Morgan fingerprint density at radius 2 is 2.14 bits per heavy atom. The molecule has 2 heterocycles. The van der Waals surface area contributed by atoms with Crippen LogP contribution in [0.15, 0.2) is 30.3 Å². The van der Waals surface area contributed by atoms with Gasteiger partial charge in [-0.25, -0.2) is 4.79 Å². The molecule has 1 amide bonds. The number of nitrogens with zero attached hydrogens (tertiary/aromatic N) is 1. The molecule has 0 aliphatic carbocycles. The molecule has 0 radical (unpaired) electrons. The molecule has 0 unspecified atom stereocenters. The molecular weight excluding hydrogens is 282 g/mol. The first kappa shape index (κ1) is 15.3. The van der Waals surface area contributed by atoms with E-state index in [1.165, 1.54) is 0 Å². The molecule has 3 rings (SSSR count). The normalized spacial score (nSPS) is 27.1. The van der Waals surface area contributed by atoms with Crippen LogP contribution in [0.1, 0.15) is 32.3 Å². The van der Waals surface area contributed by atoms with Gasteiger partial charge in [0.25, 0.3) is 0 Å². The predicted octanol–water partition coefficient (Wildman–Crippen LogP) is 2.94. The smallest absolute Gasteiger partial charge is 0.410 e. The maximum atomic E-state index is 12.4. The van der Waals surface area contributed by atoms with Gasteiger partial charge in [-0.3, -0.25) is 0 Å². The summed E-state index contributed by atoms with van der Waals surface area (Å²) in [5.74, 6) is -0.563. The molecule has 2 fully saturated rings. The Labute approximate surface area is 131 Å². The number of benzene rings is 1. The minimum atomic E-state index is -0.563. The highest BCUT2D eigenvalue weighted by atomic mass is 16.7. The standard InChI is InChI=1S/C17H23NO4/c1-17(2)21-12-15(22-17)14-9-6-10-18(14)16(19)20-11-13-7-4-3-5-8-13/h3-5,7-8,14-15H,6,9-12H2,1-2H3/t14-,15+/m0/s1. The van der Waals surface area contributed by atoms with E-state index in [4.69, 9.17) is 14.2 Å². The van der Waals surface area contributed by atoms with Crippen molar-refractivity contribution in [1.29, 1.82) is 0 Å². The summed E-state index contributed by atoms with van der Waals surface area (Å²) in [5, 5.41) is 0. The third-order valence-electron chi connectivity index (χ3n) is 4.20. The second-order valence-electron chi connectivity index (χ2n) is 6.31. The van der Waals surface area contributed by atoms with E-state index < -0.39 is 5.79 Å². The number of amides is 1. The molecule has 2 saturated heterocycles. The molecule has 2 aliphatic rings. The van der Waals surface area contributed by atoms with Gasteiger partial charge in [-0.2, -0.15) is 0 Å². The average Bonchev–Trinajstić information content (AvgIpc) is 3.12. The van der Waals surface area contributed by atoms with E-state index in [-0.39, 0.29) is 18.2 Å². The lowest BCUT2D eigenvalue weighted by Gasteiger charge is -2.28. The molecule has 22 heavy (non-hydrogen) atoms. The minimum absolute atomic E-state index is 0.0463. The van der Waals surface area contributed by atoms with Crippen LogP contribution < -0.4 is 0 Å². The Morgan fingerprint density at radius 3 is 2.82 bits per heavy atom. The van der Waals surface area contributed by atoms with Gasteiger partial charge in [0.2, 0.25) is 0 Å². The lowest BCUT2D eigenvalue weighted by atomic mass is 10.1. The molecule has 2 aliphatic heterocycles. The van der Waals surface area contributed by atoms with Crippen molar-refractivity contribution >= 4 is 6.09 Å². The SMILES string of the molecule is CC1(C)OC[C@H]([C@@H]2CCCN2C(=O)OCc2ccccc2)O1. The van der Waals surface area contributed by atoms with Crippen LogP contribution in [-0.4, -0.2) is 42.1 Å². The molecule has 0 aromatic heterocycles. The molecule has 2 atom stereocenters. The highest BCUT2D eigenvalue weighted by Gasteiger charge is 2.43. The fourth-order valence-corrected chi connectivity index (χ4v) is 3.11. The first-order valence-electron chi connectivity index (χ1n) is 7.84. The molecule has 0 N–H and O–H groups in total. The van der Waals surface area contributed by atoms with Gasteiger partial charge in [0.15, 0.2) is 5.79 Å². The van der Waals surface area contributed by atoms with Crippen molar-refractivity contribution in [3.8, 4) is 0 Å². The monoisotopic (exact) mass is 305 g/mol. The zero-order valence-corrected chi connectivity index (χ0v) is 13.2. The summed E-state index contributed by atoms with van der Waals surface area (Å²) in [6.45, 7) is 5.36. The van der Waals surface area contributed by atoms with Crippen LogP contribution in [0.4, 0.5) is 4.79 Å². The first-order valence-corrected chi connectivity index (χ1v) is 7.84. The van der Waals surface area contributed by atoms with Gasteiger partial charge >= 0.3 is 6.09 Å². The summed E-state index contributed by atoms with van der Waals surface area (Å²) in [6, 6.07) is 9.77. The zero-order chi connectivity index (χ0) is 15.6. The van der Waals surface area contributed by atoms with E-state index in [0.717, 1.165) is 24.9 Å². The Hall–Kier alpha value is -1.59. The molecule has 120 valence electrons. The quantitative estimate of drug-likeness (QED) is 0.861. The number of ether oxygens (including phenoxy) is 3. The molecule has 1 aromatic rings. The lowest BCUT2D eigenvalue weighted by molar-refractivity contribution is -0.144. The summed E-state index contributed by atoms with van der Waals surface area (Å²) in [5.41, 5.74) is 0.994. The van der Waals surface area contributed by atoms with Gasteiger partial charge in [-0.1, -0.05) is 30.3 Å². The molecule has 1 aromatic carbocycles. The van der Waals surface area contributed by atoms with Crippen LogP contribution in [0.3, 0.4) is 0 Å². The van der Waals surface area contributed by atoms with E-state index in [0.29, 0.717) is 13.2 Å². The topological polar surface area (TPSA) is 48.0 Å². The second kappa shape index (κ2) is 6.26. The van der Waals surface area contributed by atoms with Gasteiger partial charge in [0.05, 0.1) is 12.6 Å². The first-order chi connectivity index (χ1) is 10.6. The highest BCUT2D eigenvalue weighted by Crippen LogP contribution is 2.31. The van der Waals surface area contributed by atoms with Crippen LogP contribution >= 0.6 is 0 Å². The average molecular weight is 305 g/mol. The predicted molar refractivity (Wildman–Crippen MR) is 81.3 cm³/mol. The van der Waals surface area contributed by atoms with Gasteiger partial charge in [0.1, 0.15) is 12.7 Å². The van der Waals surface area contributed by atoms with Crippen molar-refractivity contribution in [2.75, 3.05) is 13.2 Å². The van der Waals surface area contributed by atoms with Crippen molar-refractivity contribution < 1.29 is 19.0 Å². The van der Waals surface area contributed by atoms with Gasteiger partial charge in [-0.15, -0.1) is 0 Å². The van der Waals surface area contributed by atoms with Crippen LogP contribution in [-0.2, 0) is 20.8 Å². The van der Waals surface area contributed by atoms with Crippen LogP contribution in [0.25, 0.3) is 0 Å². The highest BCUT2D eigenvalue weighted by molar-refractivity contribution is 5.68. The third kappa shape index (κ3) is 3.42. The summed E-state index contributed by atoms with van der Waals surface area (Å²) in [7, 11) is 0. The van der Waals surface area contributed by atoms with Gasteiger partial charge < -0.3 is 19.1 Å². The Kier molecular flexibility index (Phi) is 4.36. The van der Waals surface area contributed by atoms with E-state index in [9.17, 15) is 4.79 Å². The van der Waals surface area contributed by atoms with Crippen molar-refractivity contribution in [3.63, 3.8) is 0 Å². The van der Waals surface area contributed by atoms with Crippen LogP contribution in [0.5, 0.6) is 0 Å². The summed E-state index contributed by atoms with van der Waals surface area (Å²) >= 11 is 0. The summed E-state index contributed by atoms with van der Waals surface area (Å²) in [6.07, 6.45) is 1.58. The Morgan fingerprint density at radius 1 is 1.36 bits per heavy atom. The molecule has 5 heteroatoms. The van der Waals surface area contributed by atoms with E-state index >= 15 is 0 Å². The van der Waals surface area contributed by atoms with Crippen LogP contribution in [0, 0.1) is 0 Å². The van der Waals surface area contributed by atoms with E-state index in [1.54, 1.807) is 4.90 Å². The zero-order valence-electron chi connectivity index (χ0n) is 13.2. The van der Waals surface area contributed by atoms with Crippen molar-refractivity contribution in [2.45, 2.75) is 51.2 Å². The van der Waals surface area contributed by atoms with Crippen molar-refractivity contribution in [3.05, 3.63) is 35.9 Å². The van der Waals surface area contributed by atoms with E-state index in [2.05, 4.69) is 0 Å². The van der Waals surface area contributed by atoms with Crippen molar-refractivity contribution in [1.82, 2.24) is 4.90 Å². The van der Waals surface area contributed by atoms with E-state index in [1.807, 2.05) is 44.2 Å². The molecule has 0 spiro atoms. The number of carbonyl (C=O) groups is 1. The molecule has 0 bridgehead atoms. The number of rotatable bonds is 3. The number of carbonyl (C=O) groups excluding carboxylic acids is 1. The second-order valence-corrected chi connectivity index (χ2v) is 6.31. The largest absolute Gasteiger partial charge is 0.445 e. The fourth-order valence-electron chi connectivity index (χ4n) is 3.11. The van der Waals surface area contributed by atoms with Gasteiger partial charge in [-0.05, 0) is 32.3 Å². The lowest BCUT2D eigenvalue weighted by Crippen LogP contribution is -2.44. The number of hydrogen-bond acceptors (Lipinski definition) is 4. The molecule has 0 saturated carbocycles. The maximum Gasteiger partial charge on any atom is 0.410 e.